The monoisotopic (exact) mass is 453 g/mol. The molecule has 0 aliphatic carbocycles. The summed E-state index contributed by atoms with van der Waals surface area (Å²) in [5.41, 5.74) is 0. The van der Waals surface area contributed by atoms with Crippen LogP contribution >= 0.6 is 7.82 Å². The van der Waals surface area contributed by atoms with Crippen molar-refractivity contribution in [3.8, 4) is 0 Å². The zero-order chi connectivity index (χ0) is 23.0. The highest BCUT2D eigenvalue weighted by molar-refractivity contribution is 7.45. The normalized spacial score (nSPS) is 17.5. The highest BCUT2D eigenvalue weighted by atomic mass is 31.2. The summed E-state index contributed by atoms with van der Waals surface area (Å²) >= 11 is 0. The quantitative estimate of drug-likeness (QED) is 0.113. The number of unbranched alkanes of at least 4 members (excludes halogenated alkanes) is 7. The predicted octanol–water partition coefficient (Wildman–Crippen LogP) is 4.88. The Morgan fingerprint density at radius 1 is 0.967 bits per heavy atom. The van der Waals surface area contributed by atoms with Crippen molar-refractivity contribution in [2.75, 3.05) is 41.4 Å². The van der Waals surface area contributed by atoms with Gasteiger partial charge in [-0.1, -0.05) is 65.2 Å². The SMILES string of the molecule is CCCCCCCCCCC(CC)OC(OP(=O)([O-])OCC[N+](C)(C)C)C(C)OC. The minimum Gasteiger partial charge on any atom is -0.756 e. The summed E-state index contributed by atoms with van der Waals surface area (Å²) < 4.78 is 34.4. The number of ether oxygens (including phenoxy) is 2. The Hall–Kier alpha value is -0.0100. The van der Waals surface area contributed by atoms with Crippen LogP contribution in [0.15, 0.2) is 0 Å². The molecule has 0 rings (SSSR count). The maximum atomic E-state index is 12.3. The van der Waals surface area contributed by atoms with E-state index in [1.54, 1.807) is 6.92 Å². The van der Waals surface area contributed by atoms with Gasteiger partial charge < -0.3 is 23.4 Å². The number of rotatable bonds is 20. The predicted molar refractivity (Wildman–Crippen MR) is 120 cm³/mol. The maximum absolute atomic E-state index is 12.3. The molecule has 0 radical (unpaired) electrons. The van der Waals surface area contributed by atoms with E-state index in [1.165, 1.54) is 52.1 Å². The van der Waals surface area contributed by atoms with Crippen molar-refractivity contribution in [1.29, 1.82) is 0 Å². The Morgan fingerprint density at radius 2 is 1.53 bits per heavy atom. The van der Waals surface area contributed by atoms with Crippen LogP contribution in [0.25, 0.3) is 0 Å². The number of quaternary nitrogens is 1. The van der Waals surface area contributed by atoms with E-state index >= 15 is 0 Å². The summed E-state index contributed by atoms with van der Waals surface area (Å²) in [6.45, 7) is 6.62. The number of likely N-dealkylation sites (N-methyl/N-ethyl adjacent to an activating group) is 1. The van der Waals surface area contributed by atoms with E-state index in [0.29, 0.717) is 11.0 Å². The first kappa shape index (κ1) is 30.0. The molecule has 0 fully saturated rings. The second-order valence-corrected chi connectivity index (χ2v) is 10.5. The molecule has 0 bridgehead atoms. The van der Waals surface area contributed by atoms with Crippen LogP contribution in [-0.4, -0.2) is 64.4 Å². The molecule has 0 aliphatic rings. The van der Waals surface area contributed by atoms with Gasteiger partial charge in [0, 0.05) is 7.11 Å². The molecule has 0 saturated carbocycles. The molecular weight excluding hydrogens is 405 g/mol. The molecule has 4 atom stereocenters. The van der Waals surface area contributed by atoms with Crippen LogP contribution in [0.3, 0.4) is 0 Å². The summed E-state index contributed by atoms with van der Waals surface area (Å²) in [5.74, 6) is 0. The first-order valence-corrected chi connectivity index (χ1v) is 13.1. The van der Waals surface area contributed by atoms with Crippen molar-refractivity contribution >= 4 is 7.82 Å². The van der Waals surface area contributed by atoms with E-state index in [-0.39, 0.29) is 12.7 Å². The van der Waals surface area contributed by atoms with Crippen LogP contribution in [0.1, 0.15) is 85.0 Å². The van der Waals surface area contributed by atoms with Gasteiger partial charge in [-0.25, -0.2) is 0 Å². The topological polar surface area (TPSA) is 77.1 Å². The van der Waals surface area contributed by atoms with Gasteiger partial charge >= 0.3 is 0 Å². The van der Waals surface area contributed by atoms with Gasteiger partial charge in [0.05, 0.1) is 27.2 Å². The second kappa shape index (κ2) is 16.6. The fraction of sp³-hybridized carbons (Fsp3) is 1.00. The second-order valence-electron chi connectivity index (χ2n) is 9.14. The van der Waals surface area contributed by atoms with Crippen molar-refractivity contribution in [3.05, 3.63) is 0 Å². The van der Waals surface area contributed by atoms with Gasteiger partial charge in [-0.05, 0) is 19.8 Å². The minimum atomic E-state index is -4.48. The number of hydrogen-bond donors (Lipinski definition) is 0. The summed E-state index contributed by atoms with van der Waals surface area (Å²) in [6, 6.07) is 0. The fourth-order valence-corrected chi connectivity index (χ4v) is 3.82. The molecule has 7 nitrogen and oxygen atoms in total. The smallest absolute Gasteiger partial charge is 0.270 e. The van der Waals surface area contributed by atoms with E-state index in [4.69, 9.17) is 18.5 Å². The first-order valence-electron chi connectivity index (χ1n) is 11.7. The van der Waals surface area contributed by atoms with Crippen molar-refractivity contribution in [2.45, 2.75) is 103 Å². The van der Waals surface area contributed by atoms with Crippen molar-refractivity contribution < 1.29 is 32.5 Å². The summed E-state index contributed by atoms with van der Waals surface area (Å²) in [6.07, 6.45) is 10.1. The van der Waals surface area contributed by atoms with Crippen molar-refractivity contribution in [3.63, 3.8) is 0 Å². The molecule has 0 heterocycles. The van der Waals surface area contributed by atoms with Crippen LogP contribution in [0.5, 0.6) is 0 Å². The summed E-state index contributed by atoms with van der Waals surface area (Å²) in [7, 11) is 2.93. The molecule has 0 amide bonds. The summed E-state index contributed by atoms with van der Waals surface area (Å²) in [4.78, 5) is 12.3. The third-order valence-corrected chi connectivity index (χ3v) is 6.13. The van der Waals surface area contributed by atoms with E-state index in [0.717, 1.165) is 19.3 Å². The molecule has 0 aliphatic heterocycles. The van der Waals surface area contributed by atoms with Gasteiger partial charge in [-0.15, -0.1) is 0 Å². The van der Waals surface area contributed by atoms with Gasteiger partial charge in [0.1, 0.15) is 19.3 Å². The zero-order valence-electron chi connectivity index (χ0n) is 20.6. The van der Waals surface area contributed by atoms with Gasteiger partial charge in [0.25, 0.3) is 7.82 Å². The molecule has 0 saturated heterocycles. The van der Waals surface area contributed by atoms with Crippen LogP contribution in [0, 0.1) is 0 Å². The Balaban J connectivity index is 4.47. The van der Waals surface area contributed by atoms with E-state index < -0.39 is 20.2 Å². The average Bonchev–Trinajstić information content (AvgIpc) is 2.66. The van der Waals surface area contributed by atoms with Crippen LogP contribution in [0.2, 0.25) is 0 Å². The van der Waals surface area contributed by atoms with Crippen molar-refractivity contribution in [2.24, 2.45) is 0 Å². The molecule has 0 aromatic heterocycles. The molecule has 0 N–H and O–H groups in total. The highest BCUT2D eigenvalue weighted by Gasteiger charge is 2.27. The third-order valence-electron chi connectivity index (χ3n) is 5.16. The van der Waals surface area contributed by atoms with E-state index in [2.05, 4.69) is 6.92 Å². The van der Waals surface area contributed by atoms with Crippen LogP contribution in [0.4, 0.5) is 0 Å². The lowest BCUT2D eigenvalue weighted by Gasteiger charge is -2.33. The standard InChI is InChI=1S/C22H48NO6P/c1-8-10-11-12-13-14-15-16-17-21(9-2)28-22(20(3)26-7)29-30(24,25)27-19-18-23(4,5)6/h20-22H,8-19H2,1-7H3. The minimum absolute atomic E-state index is 0.0633. The molecule has 30 heavy (non-hydrogen) atoms. The number of hydrogen-bond acceptors (Lipinski definition) is 6. The molecule has 0 spiro atoms. The maximum Gasteiger partial charge on any atom is 0.270 e. The fourth-order valence-electron chi connectivity index (χ4n) is 2.98. The van der Waals surface area contributed by atoms with Crippen LogP contribution in [-0.2, 0) is 23.1 Å². The lowest BCUT2D eigenvalue weighted by Crippen LogP contribution is -2.38. The molecule has 0 aromatic carbocycles. The first-order chi connectivity index (χ1) is 14.0. The Morgan fingerprint density at radius 3 is 2.03 bits per heavy atom. The molecule has 182 valence electrons. The lowest BCUT2D eigenvalue weighted by atomic mass is 10.0. The largest absolute Gasteiger partial charge is 0.756 e. The van der Waals surface area contributed by atoms with Gasteiger partial charge in [0.2, 0.25) is 0 Å². The molecule has 0 aromatic rings. The lowest BCUT2D eigenvalue weighted by molar-refractivity contribution is -0.870. The average molecular weight is 454 g/mol. The number of methoxy groups -OCH3 is 1. The summed E-state index contributed by atoms with van der Waals surface area (Å²) in [5, 5.41) is 0. The Bertz CT molecular complexity index is 457. The Kier molecular flexibility index (Phi) is 16.6. The van der Waals surface area contributed by atoms with E-state index in [1.807, 2.05) is 28.1 Å². The third kappa shape index (κ3) is 16.7. The Labute approximate surface area is 185 Å². The highest BCUT2D eigenvalue weighted by Crippen LogP contribution is 2.41. The molecular formula is C22H48NO6P. The number of nitrogens with zero attached hydrogens (tertiary/aromatic N) is 1. The van der Waals surface area contributed by atoms with Gasteiger partial charge in [-0.3, -0.25) is 9.09 Å². The van der Waals surface area contributed by atoms with Gasteiger partial charge in [0.15, 0.2) is 6.29 Å². The van der Waals surface area contributed by atoms with Gasteiger partial charge in [-0.2, -0.15) is 0 Å². The number of phosphoric ester groups is 1. The van der Waals surface area contributed by atoms with Crippen LogP contribution < -0.4 is 4.89 Å². The van der Waals surface area contributed by atoms with Crippen molar-refractivity contribution in [1.82, 2.24) is 0 Å². The van der Waals surface area contributed by atoms with E-state index in [9.17, 15) is 9.46 Å². The molecule has 8 heteroatoms. The zero-order valence-corrected chi connectivity index (χ0v) is 21.5. The number of phosphoric acid groups is 1. The molecule has 4 unspecified atom stereocenters.